The summed E-state index contributed by atoms with van der Waals surface area (Å²) in [7, 11) is -1.52. The Bertz CT molecular complexity index is 1340. The number of nitrogens with one attached hydrogen (secondary N) is 1. The maximum Gasteiger partial charge on any atom is 0.488 e. The lowest BCUT2D eigenvalue weighted by Gasteiger charge is -2.22. The second-order valence-electron chi connectivity index (χ2n) is 10.0. The van der Waals surface area contributed by atoms with Crippen LogP contribution in [0.4, 0.5) is 4.79 Å². The Labute approximate surface area is 249 Å². The van der Waals surface area contributed by atoms with Crippen LogP contribution >= 0.6 is 15.9 Å². The molecule has 0 saturated heterocycles. The van der Waals surface area contributed by atoms with Gasteiger partial charge in [-0.15, -0.1) is 0 Å². The number of alkyl carbamates (subject to hydrolysis) is 1. The van der Waals surface area contributed by atoms with E-state index in [9.17, 15) is 4.79 Å². The van der Waals surface area contributed by atoms with Gasteiger partial charge in [0.1, 0.15) is 18.3 Å². The van der Waals surface area contributed by atoms with Crippen molar-refractivity contribution in [1.82, 2.24) is 25.3 Å². The van der Waals surface area contributed by atoms with Crippen LogP contribution in [0.25, 0.3) is 11.1 Å². The number of nitrogens with zero attached hydrogens (tertiary/aromatic N) is 4. The molecule has 0 radical (unpaired) electrons. The number of hydrogen-bond donors (Lipinski definition) is 4. The van der Waals surface area contributed by atoms with E-state index in [2.05, 4.69) is 47.2 Å². The van der Waals surface area contributed by atoms with Gasteiger partial charge in [-0.2, -0.15) is 0 Å². The van der Waals surface area contributed by atoms with Crippen molar-refractivity contribution in [1.29, 1.82) is 0 Å². The number of nitrogens with two attached hydrogens (primary N) is 1. The number of carbonyl (C=O) groups is 1. The van der Waals surface area contributed by atoms with E-state index >= 15 is 0 Å². The van der Waals surface area contributed by atoms with Crippen LogP contribution in [0.15, 0.2) is 90.4 Å². The number of halogens is 1. The van der Waals surface area contributed by atoms with Crippen LogP contribution < -0.4 is 16.5 Å². The third-order valence-corrected chi connectivity index (χ3v) is 5.69. The molecule has 2 heterocycles. The number of ether oxygens (including phenoxy) is 1. The van der Waals surface area contributed by atoms with E-state index < -0.39 is 18.8 Å². The standard InChI is InChI=1S/C13H20BNO4.C12H13N3.C4H3BrN2/c1-9(15-12(16)19-13(2,3)4)10-6-5-7-11(8-10)14(17)18;1-9(13)10-3-2-4-11(5-10)12-6-14-8-15-7-12;5-4-1-6-3-7-2-4/h5-9,17-18H,1-4H3,(H,15,16);2-9H,13H2,1H3;1-3H/t2*9-;/m00./s1. The largest absolute Gasteiger partial charge is 0.488 e. The third kappa shape index (κ3) is 13.0. The van der Waals surface area contributed by atoms with Gasteiger partial charge in [0.05, 0.1) is 10.5 Å². The molecule has 1 amide bonds. The molecule has 12 heteroatoms. The molecule has 0 aliphatic heterocycles. The fourth-order valence-corrected chi connectivity index (χ4v) is 3.52. The minimum Gasteiger partial charge on any atom is -0.444 e. The zero-order valence-corrected chi connectivity index (χ0v) is 25.4. The van der Waals surface area contributed by atoms with E-state index in [1.165, 1.54) is 12.7 Å². The van der Waals surface area contributed by atoms with Crippen molar-refractivity contribution in [3.63, 3.8) is 0 Å². The number of rotatable bonds is 5. The monoisotopic (exact) mass is 622 g/mol. The summed E-state index contributed by atoms with van der Waals surface area (Å²) in [5.74, 6) is 0. The Balaban J connectivity index is 0.000000236. The normalized spacial score (nSPS) is 11.9. The molecule has 41 heavy (non-hydrogen) atoms. The average molecular weight is 623 g/mol. The van der Waals surface area contributed by atoms with Crippen molar-refractivity contribution in [2.75, 3.05) is 0 Å². The van der Waals surface area contributed by atoms with Crippen molar-refractivity contribution < 1.29 is 19.6 Å². The van der Waals surface area contributed by atoms with Gasteiger partial charge in [0.2, 0.25) is 0 Å². The quantitative estimate of drug-likeness (QED) is 0.237. The van der Waals surface area contributed by atoms with Gasteiger partial charge in [0.15, 0.2) is 0 Å². The molecule has 0 unspecified atom stereocenters. The van der Waals surface area contributed by atoms with Gasteiger partial charge >= 0.3 is 13.2 Å². The molecule has 2 aromatic carbocycles. The Kier molecular flexibility index (Phi) is 13.5. The molecule has 0 saturated carbocycles. The van der Waals surface area contributed by atoms with E-state index in [-0.39, 0.29) is 12.1 Å². The first-order valence-corrected chi connectivity index (χ1v) is 13.6. The summed E-state index contributed by atoms with van der Waals surface area (Å²) in [4.78, 5) is 27.1. The van der Waals surface area contributed by atoms with Crippen LogP contribution in [-0.4, -0.2) is 48.8 Å². The number of carbonyl (C=O) groups excluding carboxylic acids is 1. The highest BCUT2D eigenvalue weighted by atomic mass is 79.9. The molecule has 4 aromatic rings. The van der Waals surface area contributed by atoms with E-state index in [0.29, 0.717) is 5.46 Å². The second kappa shape index (κ2) is 16.5. The van der Waals surface area contributed by atoms with Crippen molar-refractivity contribution in [2.24, 2.45) is 5.73 Å². The average Bonchev–Trinajstić information content (AvgIpc) is 2.94. The van der Waals surface area contributed by atoms with Crippen LogP contribution in [0, 0.1) is 0 Å². The highest BCUT2D eigenvalue weighted by molar-refractivity contribution is 9.10. The van der Waals surface area contributed by atoms with Crippen LogP contribution in [-0.2, 0) is 4.74 Å². The first-order valence-electron chi connectivity index (χ1n) is 12.8. The zero-order chi connectivity index (χ0) is 30.4. The Morgan fingerprint density at radius 2 is 1.46 bits per heavy atom. The van der Waals surface area contributed by atoms with E-state index in [4.69, 9.17) is 20.5 Å². The molecule has 0 spiro atoms. The lowest BCUT2D eigenvalue weighted by molar-refractivity contribution is 0.0508. The maximum absolute atomic E-state index is 11.6. The van der Waals surface area contributed by atoms with Gasteiger partial charge in [-0.1, -0.05) is 42.5 Å². The Morgan fingerprint density at radius 1 is 0.902 bits per heavy atom. The number of benzene rings is 2. The highest BCUT2D eigenvalue weighted by Crippen LogP contribution is 2.21. The smallest absolute Gasteiger partial charge is 0.444 e. The van der Waals surface area contributed by atoms with Crippen LogP contribution in [0.2, 0.25) is 0 Å². The van der Waals surface area contributed by atoms with Gasteiger partial charge in [-0.25, -0.2) is 24.7 Å². The van der Waals surface area contributed by atoms with Crippen molar-refractivity contribution >= 4 is 34.6 Å². The van der Waals surface area contributed by atoms with Crippen LogP contribution in [0.5, 0.6) is 0 Å². The van der Waals surface area contributed by atoms with Crippen molar-refractivity contribution in [3.8, 4) is 11.1 Å². The number of hydrogen-bond acceptors (Lipinski definition) is 9. The molecule has 5 N–H and O–H groups in total. The van der Waals surface area contributed by atoms with E-state index in [1.54, 1.807) is 76.7 Å². The predicted octanol–water partition coefficient (Wildman–Crippen LogP) is 4.35. The van der Waals surface area contributed by atoms with Gasteiger partial charge in [-0.05, 0) is 78.8 Å². The lowest BCUT2D eigenvalue weighted by atomic mass is 9.79. The van der Waals surface area contributed by atoms with Crippen molar-refractivity contribution in [3.05, 3.63) is 102 Å². The van der Waals surface area contributed by atoms with E-state index in [1.807, 2.05) is 25.1 Å². The first kappa shape index (κ1) is 33.5. The summed E-state index contributed by atoms with van der Waals surface area (Å²) in [5, 5.41) is 20.9. The molecule has 216 valence electrons. The molecule has 2 atom stereocenters. The SMILES string of the molecule is Brc1cncnc1.C[C@H](N)c1cccc(-c2cncnc2)c1.C[C@H](NC(=O)OC(C)(C)C)c1cccc(B(O)O)c1. The second-order valence-corrected chi connectivity index (χ2v) is 10.9. The highest BCUT2D eigenvalue weighted by Gasteiger charge is 2.19. The Morgan fingerprint density at radius 3 is 1.98 bits per heavy atom. The van der Waals surface area contributed by atoms with Crippen molar-refractivity contribution in [2.45, 2.75) is 52.3 Å². The van der Waals surface area contributed by atoms with E-state index in [0.717, 1.165) is 26.7 Å². The first-order chi connectivity index (χ1) is 19.4. The molecule has 0 aliphatic carbocycles. The molecule has 0 fully saturated rings. The third-order valence-electron chi connectivity index (χ3n) is 5.28. The molecule has 2 aromatic heterocycles. The van der Waals surface area contributed by atoms with Gasteiger partial charge in [0.25, 0.3) is 0 Å². The van der Waals surface area contributed by atoms with Crippen LogP contribution in [0.1, 0.15) is 57.8 Å². The maximum atomic E-state index is 11.6. The number of aromatic nitrogens is 4. The minimum atomic E-state index is -1.52. The molecule has 10 nitrogen and oxygen atoms in total. The summed E-state index contributed by atoms with van der Waals surface area (Å²) in [5.41, 5.74) is 9.68. The molecular weight excluding hydrogens is 587 g/mol. The molecular formula is C29H36BBrN6O4. The predicted molar refractivity (Wildman–Crippen MR) is 164 cm³/mol. The molecule has 4 rings (SSSR count). The zero-order valence-electron chi connectivity index (χ0n) is 23.8. The summed E-state index contributed by atoms with van der Waals surface area (Å²) in [6.07, 6.45) is 9.49. The topological polar surface area (TPSA) is 156 Å². The summed E-state index contributed by atoms with van der Waals surface area (Å²) in [6, 6.07) is 14.6. The lowest BCUT2D eigenvalue weighted by Crippen LogP contribution is -2.35. The minimum absolute atomic E-state index is 0.0505. The molecule has 0 aliphatic rings. The summed E-state index contributed by atoms with van der Waals surface area (Å²) in [6.45, 7) is 9.15. The van der Waals surface area contributed by atoms with Gasteiger partial charge in [-0.3, -0.25) is 0 Å². The fraction of sp³-hybridized carbons (Fsp3) is 0.276. The van der Waals surface area contributed by atoms with Gasteiger partial charge in [0, 0.05) is 36.4 Å². The fourth-order valence-electron chi connectivity index (χ4n) is 3.29. The Hall–Kier alpha value is -3.71. The number of amides is 1. The summed E-state index contributed by atoms with van der Waals surface area (Å²) < 4.78 is 6.07. The molecule has 0 bridgehead atoms. The summed E-state index contributed by atoms with van der Waals surface area (Å²) >= 11 is 3.19. The van der Waals surface area contributed by atoms with Gasteiger partial charge < -0.3 is 25.8 Å². The van der Waals surface area contributed by atoms with Crippen LogP contribution in [0.3, 0.4) is 0 Å².